The van der Waals surface area contributed by atoms with Crippen LogP contribution in [0, 0.1) is 6.92 Å². The molecule has 1 aromatic heterocycles. The number of nitrogens with zero attached hydrogens (tertiary/aromatic N) is 3. The molecule has 0 saturated carbocycles. The van der Waals surface area contributed by atoms with E-state index in [9.17, 15) is 4.79 Å². The molecule has 2 N–H and O–H groups in total. The first-order chi connectivity index (χ1) is 12.1. The fourth-order valence-electron chi connectivity index (χ4n) is 3.39. The van der Waals surface area contributed by atoms with E-state index >= 15 is 0 Å². The van der Waals surface area contributed by atoms with Crippen molar-refractivity contribution in [2.75, 3.05) is 26.7 Å². The Morgan fingerprint density at radius 2 is 2.28 bits per heavy atom. The molecule has 0 unspecified atom stereocenters. The first-order valence-electron chi connectivity index (χ1n) is 8.92. The standard InChI is InChI=1S/C19H27N5O/c1-4-24-13-17(14(2)22-24)12-23-9-8-21-11-18(23)15-6-5-7-16(10-15)19(25)20-3/h5-7,10,13,18,21H,4,8-9,11-12H2,1-3H3,(H,20,25)/t18-/m0/s1. The van der Waals surface area contributed by atoms with E-state index in [0.717, 1.165) is 38.4 Å². The molecule has 25 heavy (non-hydrogen) atoms. The smallest absolute Gasteiger partial charge is 0.251 e. The molecule has 0 radical (unpaired) electrons. The Morgan fingerprint density at radius 1 is 1.44 bits per heavy atom. The molecule has 1 aliphatic heterocycles. The lowest BCUT2D eigenvalue weighted by atomic mass is 10.00. The lowest BCUT2D eigenvalue weighted by Gasteiger charge is -2.36. The van der Waals surface area contributed by atoms with Gasteiger partial charge in [0, 0.05) is 63.1 Å². The molecule has 0 spiro atoms. The molecule has 134 valence electrons. The maximum atomic E-state index is 12.0. The number of rotatable bonds is 5. The molecular formula is C19H27N5O. The van der Waals surface area contributed by atoms with E-state index in [4.69, 9.17) is 0 Å². The summed E-state index contributed by atoms with van der Waals surface area (Å²) in [7, 11) is 1.66. The summed E-state index contributed by atoms with van der Waals surface area (Å²) in [5, 5.41) is 10.7. The van der Waals surface area contributed by atoms with Crippen molar-refractivity contribution in [1.29, 1.82) is 0 Å². The second-order valence-electron chi connectivity index (χ2n) is 6.49. The molecule has 0 bridgehead atoms. The highest BCUT2D eigenvalue weighted by Gasteiger charge is 2.25. The van der Waals surface area contributed by atoms with Crippen LogP contribution < -0.4 is 10.6 Å². The molecule has 1 fully saturated rings. The average Bonchev–Trinajstić information content (AvgIpc) is 3.01. The zero-order chi connectivity index (χ0) is 17.8. The van der Waals surface area contributed by atoms with Crippen molar-refractivity contribution in [2.24, 2.45) is 0 Å². The monoisotopic (exact) mass is 341 g/mol. The van der Waals surface area contributed by atoms with Crippen molar-refractivity contribution in [3.05, 3.63) is 52.8 Å². The Hall–Kier alpha value is -2.18. The van der Waals surface area contributed by atoms with Crippen LogP contribution in [0.1, 0.15) is 40.1 Å². The summed E-state index contributed by atoms with van der Waals surface area (Å²) >= 11 is 0. The van der Waals surface area contributed by atoms with Gasteiger partial charge in [-0.25, -0.2) is 0 Å². The maximum absolute atomic E-state index is 12.0. The van der Waals surface area contributed by atoms with E-state index in [-0.39, 0.29) is 11.9 Å². The van der Waals surface area contributed by atoms with Crippen molar-refractivity contribution in [2.45, 2.75) is 33.0 Å². The average molecular weight is 341 g/mol. The highest BCUT2D eigenvalue weighted by molar-refractivity contribution is 5.94. The highest BCUT2D eigenvalue weighted by atomic mass is 16.1. The summed E-state index contributed by atoms with van der Waals surface area (Å²) < 4.78 is 1.99. The van der Waals surface area contributed by atoms with Gasteiger partial charge in [0.1, 0.15) is 0 Å². The van der Waals surface area contributed by atoms with E-state index < -0.39 is 0 Å². The third-order valence-corrected chi connectivity index (χ3v) is 4.86. The van der Waals surface area contributed by atoms with Crippen LogP contribution in [-0.2, 0) is 13.1 Å². The quantitative estimate of drug-likeness (QED) is 0.869. The number of hydrogen-bond acceptors (Lipinski definition) is 4. The topological polar surface area (TPSA) is 62.2 Å². The molecule has 1 aromatic carbocycles. The third kappa shape index (κ3) is 3.91. The van der Waals surface area contributed by atoms with Crippen molar-refractivity contribution >= 4 is 5.91 Å². The predicted octanol–water partition coefficient (Wildman–Crippen LogP) is 1.72. The van der Waals surface area contributed by atoms with Gasteiger partial charge >= 0.3 is 0 Å². The molecule has 2 aromatic rings. The number of aryl methyl sites for hydroxylation is 2. The van der Waals surface area contributed by atoms with Crippen LogP contribution in [0.25, 0.3) is 0 Å². The lowest BCUT2D eigenvalue weighted by molar-refractivity contribution is 0.0962. The SMILES string of the molecule is CCn1cc(CN2CCNC[C@H]2c2cccc(C(=O)NC)c2)c(C)n1. The molecule has 1 amide bonds. The summed E-state index contributed by atoms with van der Waals surface area (Å²) in [5.41, 5.74) is 4.25. The summed E-state index contributed by atoms with van der Waals surface area (Å²) in [6.07, 6.45) is 2.15. The largest absolute Gasteiger partial charge is 0.355 e. The molecular weight excluding hydrogens is 314 g/mol. The minimum absolute atomic E-state index is 0.0442. The number of carbonyl (C=O) groups is 1. The molecule has 6 nitrogen and oxygen atoms in total. The van der Waals surface area contributed by atoms with Crippen LogP contribution in [0.2, 0.25) is 0 Å². The molecule has 6 heteroatoms. The van der Waals surface area contributed by atoms with E-state index in [0.29, 0.717) is 5.56 Å². The molecule has 1 saturated heterocycles. The summed E-state index contributed by atoms with van der Waals surface area (Å²) in [6.45, 7) is 8.79. The van der Waals surface area contributed by atoms with E-state index in [1.165, 1.54) is 11.1 Å². The van der Waals surface area contributed by atoms with Crippen molar-refractivity contribution in [3.63, 3.8) is 0 Å². The molecule has 1 atom stereocenters. The van der Waals surface area contributed by atoms with E-state index in [2.05, 4.69) is 46.7 Å². The van der Waals surface area contributed by atoms with Gasteiger partial charge in [-0.3, -0.25) is 14.4 Å². The van der Waals surface area contributed by atoms with E-state index in [1.54, 1.807) is 7.05 Å². The maximum Gasteiger partial charge on any atom is 0.251 e. The molecule has 3 rings (SSSR count). The number of aromatic nitrogens is 2. The predicted molar refractivity (Wildman–Crippen MR) is 98.5 cm³/mol. The van der Waals surface area contributed by atoms with Crippen LogP contribution in [0.4, 0.5) is 0 Å². The fourth-order valence-corrected chi connectivity index (χ4v) is 3.39. The molecule has 0 aliphatic carbocycles. The Kier molecular flexibility index (Phi) is 5.50. The van der Waals surface area contributed by atoms with Crippen LogP contribution in [0.5, 0.6) is 0 Å². The Bertz CT molecular complexity index is 739. The zero-order valence-corrected chi connectivity index (χ0v) is 15.2. The summed E-state index contributed by atoms with van der Waals surface area (Å²) in [6, 6.07) is 8.19. The number of carbonyl (C=O) groups excluding carboxylic acids is 1. The zero-order valence-electron chi connectivity index (χ0n) is 15.2. The highest BCUT2D eigenvalue weighted by Crippen LogP contribution is 2.25. The van der Waals surface area contributed by atoms with Gasteiger partial charge in [0.15, 0.2) is 0 Å². The number of piperazine rings is 1. The van der Waals surface area contributed by atoms with Crippen molar-refractivity contribution in [3.8, 4) is 0 Å². The minimum atomic E-state index is -0.0442. The van der Waals surface area contributed by atoms with Gasteiger partial charge in [-0.15, -0.1) is 0 Å². The van der Waals surface area contributed by atoms with Gasteiger partial charge in [0.2, 0.25) is 0 Å². The second-order valence-corrected chi connectivity index (χ2v) is 6.49. The van der Waals surface area contributed by atoms with Crippen LogP contribution >= 0.6 is 0 Å². The van der Waals surface area contributed by atoms with E-state index in [1.807, 2.05) is 22.9 Å². The number of hydrogen-bond donors (Lipinski definition) is 2. The number of nitrogens with one attached hydrogen (secondary N) is 2. The van der Waals surface area contributed by atoms with Crippen LogP contribution in [0.3, 0.4) is 0 Å². The van der Waals surface area contributed by atoms with Crippen LogP contribution in [-0.4, -0.2) is 47.3 Å². The fraction of sp³-hybridized carbons (Fsp3) is 0.474. The molecule has 2 heterocycles. The Labute approximate surface area is 149 Å². The van der Waals surface area contributed by atoms with Gasteiger partial charge in [0.05, 0.1) is 5.69 Å². The summed E-state index contributed by atoms with van der Waals surface area (Å²) in [5.74, 6) is -0.0442. The lowest BCUT2D eigenvalue weighted by Crippen LogP contribution is -2.45. The van der Waals surface area contributed by atoms with Gasteiger partial charge in [-0.05, 0) is 31.5 Å². The normalized spacial score (nSPS) is 18.3. The second kappa shape index (κ2) is 7.80. The Balaban J connectivity index is 1.83. The van der Waals surface area contributed by atoms with Gasteiger partial charge in [-0.1, -0.05) is 12.1 Å². The minimum Gasteiger partial charge on any atom is -0.355 e. The summed E-state index contributed by atoms with van der Waals surface area (Å²) in [4.78, 5) is 14.4. The Morgan fingerprint density at radius 3 is 3.00 bits per heavy atom. The van der Waals surface area contributed by atoms with Gasteiger partial charge < -0.3 is 10.6 Å². The van der Waals surface area contributed by atoms with Crippen molar-refractivity contribution < 1.29 is 4.79 Å². The number of amides is 1. The third-order valence-electron chi connectivity index (χ3n) is 4.86. The van der Waals surface area contributed by atoms with Crippen LogP contribution in [0.15, 0.2) is 30.5 Å². The van der Waals surface area contributed by atoms with Gasteiger partial charge in [-0.2, -0.15) is 5.10 Å². The first kappa shape index (κ1) is 17.6. The van der Waals surface area contributed by atoms with Gasteiger partial charge in [0.25, 0.3) is 5.91 Å². The van der Waals surface area contributed by atoms with Crippen molar-refractivity contribution in [1.82, 2.24) is 25.3 Å². The first-order valence-corrected chi connectivity index (χ1v) is 8.92. The molecule has 1 aliphatic rings. The number of benzene rings is 1.